The second-order valence-electron chi connectivity index (χ2n) is 6.53. The van der Waals surface area contributed by atoms with Crippen LogP contribution >= 0.6 is 0 Å². The SMILES string of the molecule is CC=CC[N+](CC#Cc1cccc2ccccc12)(CCC)CCC.[Br-]. The standard InChI is InChI=1S/C23H30N.BrH/c1-4-7-19-24(17-5-2,18-6-3)20-11-15-22-14-10-13-21-12-8-9-16-23(21)22;/h4,7-10,12-14,16H,5-6,17-20H2,1-3H3;1H/q+1;/p-1. The first-order valence-electron chi connectivity index (χ1n) is 9.17. The summed E-state index contributed by atoms with van der Waals surface area (Å²) < 4.78 is 1.08. The minimum atomic E-state index is 0. The number of fused-ring (bicyclic) bond motifs is 1. The van der Waals surface area contributed by atoms with Gasteiger partial charge >= 0.3 is 0 Å². The van der Waals surface area contributed by atoms with Gasteiger partial charge in [-0.05, 0) is 48.6 Å². The first-order chi connectivity index (χ1) is 11.7. The zero-order chi connectivity index (χ0) is 17.3. The zero-order valence-electron chi connectivity index (χ0n) is 15.8. The highest BCUT2D eigenvalue weighted by Gasteiger charge is 2.22. The summed E-state index contributed by atoms with van der Waals surface area (Å²) in [6.45, 7) is 11.1. The second-order valence-corrected chi connectivity index (χ2v) is 6.53. The predicted octanol–water partition coefficient (Wildman–Crippen LogP) is 2.41. The third-order valence-electron chi connectivity index (χ3n) is 4.55. The van der Waals surface area contributed by atoms with E-state index in [9.17, 15) is 0 Å². The van der Waals surface area contributed by atoms with Crippen LogP contribution in [-0.2, 0) is 0 Å². The average Bonchev–Trinajstić information content (AvgIpc) is 2.61. The maximum atomic E-state index is 3.50. The number of hydrogen-bond donors (Lipinski definition) is 0. The molecule has 0 N–H and O–H groups in total. The van der Waals surface area contributed by atoms with Crippen LogP contribution in [-0.4, -0.2) is 30.7 Å². The molecule has 2 aromatic carbocycles. The van der Waals surface area contributed by atoms with Crippen molar-refractivity contribution in [1.82, 2.24) is 0 Å². The molecule has 0 bridgehead atoms. The summed E-state index contributed by atoms with van der Waals surface area (Å²) in [6.07, 6.45) is 6.86. The van der Waals surface area contributed by atoms with Gasteiger partial charge in [0.1, 0.15) is 6.54 Å². The second kappa shape index (κ2) is 11.1. The maximum Gasteiger partial charge on any atom is 0.141 e. The fourth-order valence-electron chi connectivity index (χ4n) is 3.43. The summed E-state index contributed by atoms with van der Waals surface area (Å²) >= 11 is 0. The van der Waals surface area contributed by atoms with E-state index in [2.05, 4.69) is 87.2 Å². The highest BCUT2D eigenvalue weighted by Crippen LogP contribution is 2.17. The maximum absolute atomic E-state index is 3.50. The molecule has 2 rings (SSSR count). The van der Waals surface area contributed by atoms with E-state index in [1.165, 1.54) is 36.7 Å². The van der Waals surface area contributed by atoms with E-state index < -0.39 is 0 Å². The Bertz CT molecular complexity index is 725. The van der Waals surface area contributed by atoms with Gasteiger partial charge < -0.3 is 21.5 Å². The van der Waals surface area contributed by atoms with Crippen molar-refractivity contribution in [2.45, 2.75) is 33.6 Å². The van der Waals surface area contributed by atoms with Gasteiger partial charge in [-0.15, -0.1) is 0 Å². The number of allylic oxidation sites excluding steroid dienone is 1. The summed E-state index contributed by atoms with van der Waals surface area (Å²) in [7, 11) is 0. The molecule has 0 spiro atoms. The van der Waals surface area contributed by atoms with Crippen LogP contribution in [0, 0.1) is 11.8 Å². The van der Waals surface area contributed by atoms with Gasteiger partial charge in [0, 0.05) is 5.56 Å². The van der Waals surface area contributed by atoms with Gasteiger partial charge in [-0.3, -0.25) is 0 Å². The molecule has 0 atom stereocenters. The van der Waals surface area contributed by atoms with Gasteiger partial charge in [0.25, 0.3) is 0 Å². The minimum absolute atomic E-state index is 0. The van der Waals surface area contributed by atoms with Crippen LogP contribution < -0.4 is 17.0 Å². The molecule has 25 heavy (non-hydrogen) atoms. The van der Waals surface area contributed by atoms with Crippen molar-refractivity contribution < 1.29 is 21.5 Å². The van der Waals surface area contributed by atoms with Crippen molar-refractivity contribution in [3.8, 4) is 11.8 Å². The number of rotatable bonds is 7. The first kappa shape index (κ1) is 21.5. The Kier molecular flexibility index (Phi) is 9.57. The molecule has 0 radical (unpaired) electrons. The number of benzene rings is 2. The molecule has 0 saturated carbocycles. The zero-order valence-corrected chi connectivity index (χ0v) is 17.3. The lowest BCUT2D eigenvalue weighted by atomic mass is 10.1. The van der Waals surface area contributed by atoms with E-state index in [1.54, 1.807) is 0 Å². The molecule has 0 aliphatic heterocycles. The van der Waals surface area contributed by atoms with E-state index in [0.29, 0.717) is 0 Å². The number of quaternary nitrogens is 1. The fraction of sp³-hybridized carbons (Fsp3) is 0.391. The third kappa shape index (κ3) is 6.03. The van der Waals surface area contributed by atoms with Gasteiger partial charge in [-0.2, -0.15) is 0 Å². The Morgan fingerprint density at radius 1 is 0.960 bits per heavy atom. The fourth-order valence-corrected chi connectivity index (χ4v) is 3.43. The quantitative estimate of drug-likeness (QED) is 0.381. The number of halogens is 1. The summed E-state index contributed by atoms with van der Waals surface area (Å²) in [5, 5.41) is 2.52. The van der Waals surface area contributed by atoms with E-state index in [4.69, 9.17) is 0 Å². The normalized spacial score (nSPS) is 11.2. The average molecular weight is 400 g/mol. The van der Waals surface area contributed by atoms with Crippen molar-refractivity contribution >= 4 is 10.8 Å². The molecular formula is C23H30BrN. The molecule has 0 aliphatic carbocycles. The summed E-state index contributed by atoms with van der Waals surface area (Å²) in [5.41, 5.74) is 1.14. The van der Waals surface area contributed by atoms with E-state index in [-0.39, 0.29) is 17.0 Å². The molecule has 0 unspecified atom stereocenters. The molecule has 0 saturated heterocycles. The predicted molar refractivity (Wildman–Crippen MR) is 106 cm³/mol. The summed E-state index contributed by atoms with van der Waals surface area (Å²) in [5.74, 6) is 6.95. The smallest absolute Gasteiger partial charge is 0.141 e. The van der Waals surface area contributed by atoms with Crippen LogP contribution in [0.3, 0.4) is 0 Å². The van der Waals surface area contributed by atoms with Gasteiger partial charge in [0.05, 0.1) is 19.6 Å². The van der Waals surface area contributed by atoms with Crippen molar-refractivity contribution in [3.63, 3.8) is 0 Å². The Labute approximate surface area is 164 Å². The Balaban J connectivity index is 0.00000312. The lowest BCUT2D eigenvalue weighted by Gasteiger charge is -2.36. The highest BCUT2D eigenvalue weighted by atomic mass is 79.9. The summed E-state index contributed by atoms with van der Waals surface area (Å²) in [6, 6.07) is 14.9. The molecule has 0 aliphatic rings. The van der Waals surface area contributed by atoms with Gasteiger partial charge in [0.15, 0.2) is 0 Å². The number of nitrogens with zero attached hydrogens (tertiary/aromatic N) is 1. The highest BCUT2D eigenvalue weighted by molar-refractivity contribution is 5.88. The topological polar surface area (TPSA) is 0 Å². The van der Waals surface area contributed by atoms with Gasteiger partial charge in [-0.25, -0.2) is 0 Å². The van der Waals surface area contributed by atoms with Crippen molar-refractivity contribution in [2.24, 2.45) is 0 Å². The lowest BCUT2D eigenvalue weighted by Crippen LogP contribution is -3.00. The van der Waals surface area contributed by atoms with Crippen LogP contribution in [0.15, 0.2) is 54.6 Å². The lowest BCUT2D eigenvalue weighted by molar-refractivity contribution is -0.916. The van der Waals surface area contributed by atoms with Crippen LogP contribution in [0.4, 0.5) is 0 Å². The molecule has 1 nitrogen and oxygen atoms in total. The molecule has 0 heterocycles. The van der Waals surface area contributed by atoms with Crippen LogP contribution in [0.1, 0.15) is 39.2 Å². The minimum Gasteiger partial charge on any atom is -1.00 e. The van der Waals surface area contributed by atoms with Crippen molar-refractivity contribution in [2.75, 3.05) is 26.2 Å². The summed E-state index contributed by atoms with van der Waals surface area (Å²) in [4.78, 5) is 0. The molecule has 0 amide bonds. The molecule has 0 fully saturated rings. The van der Waals surface area contributed by atoms with Crippen LogP contribution in [0.2, 0.25) is 0 Å². The molecule has 2 aromatic rings. The Morgan fingerprint density at radius 2 is 1.64 bits per heavy atom. The number of hydrogen-bond acceptors (Lipinski definition) is 0. The van der Waals surface area contributed by atoms with Crippen molar-refractivity contribution in [1.29, 1.82) is 0 Å². The van der Waals surface area contributed by atoms with Gasteiger partial charge in [-0.1, -0.05) is 62.2 Å². The van der Waals surface area contributed by atoms with Gasteiger partial charge in [0.2, 0.25) is 0 Å². The van der Waals surface area contributed by atoms with Crippen LogP contribution in [0.25, 0.3) is 10.8 Å². The van der Waals surface area contributed by atoms with Crippen LogP contribution in [0.5, 0.6) is 0 Å². The van der Waals surface area contributed by atoms with E-state index in [1.807, 2.05) is 0 Å². The molecular weight excluding hydrogens is 370 g/mol. The van der Waals surface area contributed by atoms with Crippen molar-refractivity contribution in [3.05, 3.63) is 60.2 Å². The van der Waals surface area contributed by atoms with E-state index in [0.717, 1.165) is 23.1 Å². The first-order valence-corrected chi connectivity index (χ1v) is 9.17. The molecule has 134 valence electrons. The molecule has 0 aromatic heterocycles. The van der Waals surface area contributed by atoms with E-state index >= 15 is 0 Å². The Morgan fingerprint density at radius 3 is 2.32 bits per heavy atom. The molecule has 2 heteroatoms. The largest absolute Gasteiger partial charge is 1.00 e. The Hall–Kier alpha value is -1.56. The third-order valence-corrected chi connectivity index (χ3v) is 4.55. The monoisotopic (exact) mass is 399 g/mol.